The quantitative estimate of drug-likeness (QED) is 0.732. The molecule has 0 bridgehead atoms. The first-order valence-corrected chi connectivity index (χ1v) is 8.05. The molecule has 1 fully saturated rings. The van der Waals surface area contributed by atoms with Crippen LogP contribution in [0.25, 0.3) is 0 Å². The van der Waals surface area contributed by atoms with Crippen LogP contribution in [0.2, 0.25) is 0 Å². The molecule has 0 aromatic heterocycles. The van der Waals surface area contributed by atoms with E-state index in [0.717, 1.165) is 12.2 Å². The fourth-order valence-electron chi connectivity index (χ4n) is 2.39. The fourth-order valence-corrected chi connectivity index (χ4v) is 2.39. The molecule has 1 atom stereocenters. The van der Waals surface area contributed by atoms with E-state index < -0.39 is 0 Å². The molecule has 0 spiro atoms. The van der Waals surface area contributed by atoms with E-state index in [0.29, 0.717) is 37.6 Å². The summed E-state index contributed by atoms with van der Waals surface area (Å²) in [6, 6.07) is 7.13. The zero-order valence-electron chi connectivity index (χ0n) is 14.1. The van der Waals surface area contributed by atoms with E-state index in [9.17, 15) is 9.59 Å². The highest BCUT2D eigenvalue weighted by Gasteiger charge is 2.17. The molecule has 3 N–H and O–H groups in total. The highest BCUT2D eigenvalue weighted by molar-refractivity contribution is 5.93. The summed E-state index contributed by atoms with van der Waals surface area (Å²) in [5.41, 5.74) is 1.44. The highest BCUT2D eigenvalue weighted by atomic mass is 35.5. The van der Waals surface area contributed by atoms with Crippen LogP contribution in [0, 0.1) is 5.92 Å². The SMILES string of the molecule is CC(C)CC(=O)Nc1ccc(NC(=O)CC2CNCCO2)cc1.Cl. The molecule has 1 aliphatic heterocycles. The van der Waals surface area contributed by atoms with Gasteiger partial charge in [-0.05, 0) is 30.2 Å². The molecule has 1 heterocycles. The van der Waals surface area contributed by atoms with Gasteiger partial charge in [-0.3, -0.25) is 9.59 Å². The Morgan fingerprint density at radius 3 is 2.25 bits per heavy atom. The molecule has 0 radical (unpaired) electrons. The van der Waals surface area contributed by atoms with E-state index >= 15 is 0 Å². The number of ether oxygens (including phenoxy) is 1. The number of hydrogen-bond acceptors (Lipinski definition) is 4. The van der Waals surface area contributed by atoms with E-state index in [1.807, 2.05) is 13.8 Å². The molecule has 24 heavy (non-hydrogen) atoms. The lowest BCUT2D eigenvalue weighted by Crippen LogP contribution is -2.40. The number of halogens is 1. The molecule has 1 unspecified atom stereocenters. The monoisotopic (exact) mass is 355 g/mol. The third kappa shape index (κ3) is 7.29. The molecule has 6 nitrogen and oxygen atoms in total. The molecule has 0 saturated carbocycles. The van der Waals surface area contributed by atoms with Gasteiger partial charge in [-0.25, -0.2) is 0 Å². The molecule has 1 aromatic rings. The van der Waals surface area contributed by atoms with Crippen molar-refractivity contribution in [3.8, 4) is 0 Å². The summed E-state index contributed by atoms with van der Waals surface area (Å²) in [6.45, 7) is 6.19. The fraction of sp³-hybridized carbons (Fsp3) is 0.529. The van der Waals surface area contributed by atoms with Gasteiger partial charge >= 0.3 is 0 Å². The normalized spacial score (nSPS) is 17.0. The Morgan fingerprint density at radius 1 is 1.17 bits per heavy atom. The van der Waals surface area contributed by atoms with Crippen LogP contribution in [0.3, 0.4) is 0 Å². The Hall–Kier alpha value is -1.63. The largest absolute Gasteiger partial charge is 0.375 e. The van der Waals surface area contributed by atoms with Crippen molar-refractivity contribution < 1.29 is 14.3 Å². The standard InChI is InChI=1S/C17H25N3O3.ClH/c1-12(2)9-16(21)19-13-3-5-14(6-4-13)20-17(22)10-15-11-18-7-8-23-15;/h3-6,12,15,18H,7-11H2,1-2H3,(H,19,21)(H,20,22);1H. The topological polar surface area (TPSA) is 79.5 Å². The summed E-state index contributed by atoms with van der Waals surface area (Å²) >= 11 is 0. The number of hydrogen-bond donors (Lipinski definition) is 3. The van der Waals surface area contributed by atoms with Crippen LogP contribution in [0.5, 0.6) is 0 Å². The number of amides is 2. The number of rotatable bonds is 6. The van der Waals surface area contributed by atoms with Crippen molar-refractivity contribution in [2.45, 2.75) is 32.8 Å². The second kappa shape index (κ2) is 10.3. The molecule has 2 rings (SSSR count). The minimum Gasteiger partial charge on any atom is -0.375 e. The third-order valence-corrected chi connectivity index (χ3v) is 3.46. The van der Waals surface area contributed by atoms with Gasteiger partial charge in [-0.1, -0.05) is 13.8 Å². The van der Waals surface area contributed by atoms with Crippen molar-refractivity contribution in [2.24, 2.45) is 5.92 Å². The maximum absolute atomic E-state index is 12.0. The second-order valence-electron chi connectivity index (χ2n) is 6.17. The van der Waals surface area contributed by atoms with E-state index in [4.69, 9.17) is 4.74 Å². The van der Waals surface area contributed by atoms with Gasteiger partial charge in [-0.15, -0.1) is 12.4 Å². The Labute approximate surface area is 149 Å². The second-order valence-corrected chi connectivity index (χ2v) is 6.17. The first-order valence-electron chi connectivity index (χ1n) is 8.05. The zero-order chi connectivity index (χ0) is 16.7. The van der Waals surface area contributed by atoms with Gasteiger partial charge in [-0.2, -0.15) is 0 Å². The van der Waals surface area contributed by atoms with Crippen LogP contribution in [-0.4, -0.2) is 37.6 Å². The summed E-state index contributed by atoms with van der Waals surface area (Å²) < 4.78 is 5.51. The van der Waals surface area contributed by atoms with E-state index in [2.05, 4.69) is 16.0 Å². The minimum atomic E-state index is -0.0738. The number of carbonyl (C=O) groups excluding carboxylic acids is 2. The molecule has 2 amide bonds. The number of carbonyl (C=O) groups is 2. The first-order chi connectivity index (χ1) is 11.0. The van der Waals surface area contributed by atoms with Crippen LogP contribution in [0.4, 0.5) is 11.4 Å². The van der Waals surface area contributed by atoms with Crippen LogP contribution >= 0.6 is 12.4 Å². The molecular weight excluding hydrogens is 330 g/mol. The number of benzene rings is 1. The number of anilines is 2. The smallest absolute Gasteiger partial charge is 0.227 e. The molecule has 134 valence electrons. The van der Waals surface area contributed by atoms with Crippen LogP contribution in [0.15, 0.2) is 24.3 Å². The molecule has 0 aliphatic carbocycles. The summed E-state index contributed by atoms with van der Waals surface area (Å²) in [4.78, 5) is 23.7. The Morgan fingerprint density at radius 2 is 1.75 bits per heavy atom. The lowest BCUT2D eigenvalue weighted by atomic mass is 10.1. The lowest BCUT2D eigenvalue weighted by molar-refractivity contribution is -0.119. The number of morpholine rings is 1. The van der Waals surface area contributed by atoms with Crippen molar-refractivity contribution in [3.63, 3.8) is 0 Å². The predicted molar refractivity (Wildman–Crippen MR) is 97.6 cm³/mol. The van der Waals surface area contributed by atoms with Gasteiger partial charge in [0.05, 0.1) is 19.1 Å². The molecule has 1 aliphatic rings. The first kappa shape index (κ1) is 20.4. The van der Waals surface area contributed by atoms with Crippen molar-refractivity contribution in [1.82, 2.24) is 5.32 Å². The zero-order valence-corrected chi connectivity index (χ0v) is 14.9. The van der Waals surface area contributed by atoms with Crippen molar-refractivity contribution in [2.75, 3.05) is 30.3 Å². The molecule has 1 aromatic carbocycles. The number of nitrogens with one attached hydrogen (secondary N) is 3. The summed E-state index contributed by atoms with van der Waals surface area (Å²) in [6.07, 6.45) is 0.756. The van der Waals surface area contributed by atoms with Gasteiger partial charge in [0.2, 0.25) is 11.8 Å². The summed E-state index contributed by atoms with van der Waals surface area (Å²) in [5.74, 6) is 0.249. The lowest BCUT2D eigenvalue weighted by Gasteiger charge is -2.23. The summed E-state index contributed by atoms with van der Waals surface area (Å²) in [7, 11) is 0. The maximum Gasteiger partial charge on any atom is 0.227 e. The average Bonchev–Trinajstić information content (AvgIpc) is 2.49. The predicted octanol–water partition coefficient (Wildman–Crippen LogP) is 2.41. The Balaban J connectivity index is 0.00000288. The molecule has 1 saturated heterocycles. The van der Waals surface area contributed by atoms with Crippen LogP contribution in [-0.2, 0) is 14.3 Å². The summed E-state index contributed by atoms with van der Waals surface area (Å²) in [5, 5.41) is 8.88. The van der Waals surface area contributed by atoms with Crippen LogP contribution < -0.4 is 16.0 Å². The van der Waals surface area contributed by atoms with Gasteiger partial charge < -0.3 is 20.7 Å². The average molecular weight is 356 g/mol. The van der Waals surface area contributed by atoms with Gasteiger partial charge in [0.1, 0.15) is 0 Å². The van der Waals surface area contributed by atoms with Crippen molar-refractivity contribution >= 4 is 35.6 Å². The molecular formula is C17H26ClN3O3. The van der Waals surface area contributed by atoms with Crippen LogP contribution in [0.1, 0.15) is 26.7 Å². The Kier molecular flexibility index (Phi) is 8.74. The van der Waals surface area contributed by atoms with E-state index in [-0.39, 0.29) is 30.3 Å². The van der Waals surface area contributed by atoms with Gasteiger partial charge in [0, 0.05) is 30.9 Å². The van der Waals surface area contributed by atoms with Crippen molar-refractivity contribution in [3.05, 3.63) is 24.3 Å². The van der Waals surface area contributed by atoms with Gasteiger partial charge in [0.25, 0.3) is 0 Å². The van der Waals surface area contributed by atoms with Crippen molar-refractivity contribution in [1.29, 1.82) is 0 Å². The van der Waals surface area contributed by atoms with E-state index in [1.165, 1.54) is 0 Å². The third-order valence-electron chi connectivity index (χ3n) is 3.46. The molecule has 7 heteroatoms. The highest BCUT2D eigenvalue weighted by Crippen LogP contribution is 2.15. The van der Waals surface area contributed by atoms with E-state index in [1.54, 1.807) is 24.3 Å². The Bertz CT molecular complexity index is 528. The van der Waals surface area contributed by atoms with Gasteiger partial charge in [0.15, 0.2) is 0 Å². The maximum atomic E-state index is 12.0. The minimum absolute atomic E-state index is 0.